The number of aryl methyl sites for hydroxylation is 1. The maximum Gasteiger partial charge on any atom is 0.325 e. The number of H-pyrrole nitrogens is 2. The van der Waals surface area contributed by atoms with Gasteiger partial charge in [-0.25, -0.2) is 9.78 Å². The average Bonchev–Trinajstić information content (AvgIpc) is 2.93. The highest BCUT2D eigenvalue weighted by molar-refractivity contribution is 7.11. The number of rotatable bonds is 2. The summed E-state index contributed by atoms with van der Waals surface area (Å²) in [6.45, 7) is 3.16. The summed E-state index contributed by atoms with van der Waals surface area (Å²) in [5.41, 5.74) is -1.30. The topological polar surface area (TPSA) is 98.9 Å². The van der Waals surface area contributed by atoms with Gasteiger partial charge in [0.25, 0.3) is 11.5 Å². The van der Waals surface area contributed by atoms with Crippen molar-refractivity contribution < 1.29 is 4.79 Å². The number of piperidine rings is 1. The number of amides is 1. The molecule has 22 heavy (non-hydrogen) atoms. The monoisotopic (exact) mass is 320 g/mol. The molecule has 2 N–H and O–H groups in total. The number of thiazole rings is 1. The number of nitrogens with one attached hydrogen (secondary N) is 2. The lowest BCUT2D eigenvalue weighted by atomic mass is 9.98. The van der Waals surface area contributed by atoms with Crippen LogP contribution in [0.15, 0.2) is 22.0 Å². The van der Waals surface area contributed by atoms with Crippen LogP contribution in [0.4, 0.5) is 0 Å². The third kappa shape index (κ3) is 2.87. The van der Waals surface area contributed by atoms with Crippen LogP contribution in [0, 0.1) is 6.92 Å². The first-order chi connectivity index (χ1) is 10.5. The van der Waals surface area contributed by atoms with Gasteiger partial charge in [-0.3, -0.25) is 14.6 Å². The minimum Gasteiger partial charge on any atom is -0.338 e. The number of carbonyl (C=O) groups excluding carboxylic acids is 1. The molecule has 1 aliphatic heterocycles. The second-order valence-electron chi connectivity index (χ2n) is 5.39. The van der Waals surface area contributed by atoms with Gasteiger partial charge in [0.2, 0.25) is 0 Å². The van der Waals surface area contributed by atoms with Crippen molar-refractivity contribution in [2.75, 3.05) is 13.1 Å². The van der Waals surface area contributed by atoms with Crippen molar-refractivity contribution >= 4 is 17.2 Å². The zero-order valence-corrected chi connectivity index (χ0v) is 12.9. The molecule has 3 heterocycles. The lowest BCUT2D eigenvalue weighted by molar-refractivity contribution is 0.0704. The fourth-order valence-corrected chi connectivity index (χ4v) is 3.56. The molecule has 0 saturated carbocycles. The number of hydrogen-bond donors (Lipinski definition) is 2. The molecule has 1 atom stereocenters. The maximum atomic E-state index is 12.5. The first kappa shape index (κ1) is 14.7. The molecule has 2 aromatic heterocycles. The molecule has 3 rings (SSSR count). The van der Waals surface area contributed by atoms with E-state index in [4.69, 9.17) is 0 Å². The van der Waals surface area contributed by atoms with E-state index in [9.17, 15) is 14.4 Å². The lowest BCUT2D eigenvalue weighted by Gasteiger charge is -2.31. The molecular weight excluding hydrogens is 304 g/mol. The predicted molar refractivity (Wildman–Crippen MR) is 82.4 cm³/mol. The molecular formula is C14H16N4O3S. The Bertz CT molecular complexity index is 807. The SMILES string of the molecule is Cc1cnc(C2CCCN(C(=O)c3c[nH]c(=O)[nH]c3=O)C2)s1. The van der Waals surface area contributed by atoms with Gasteiger partial charge in [-0.2, -0.15) is 0 Å². The zero-order chi connectivity index (χ0) is 15.7. The van der Waals surface area contributed by atoms with Crippen LogP contribution >= 0.6 is 11.3 Å². The lowest BCUT2D eigenvalue weighted by Crippen LogP contribution is -2.42. The highest BCUT2D eigenvalue weighted by Crippen LogP contribution is 2.30. The van der Waals surface area contributed by atoms with Crippen molar-refractivity contribution in [1.82, 2.24) is 19.9 Å². The van der Waals surface area contributed by atoms with Gasteiger partial charge in [-0.15, -0.1) is 11.3 Å². The summed E-state index contributed by atoms with van der Waals surface area (Å²) in [4.78, 5) is 46.9. The minimum atomic E-state index is -0.652. The number of likely N-dealkylation sites (tertiary alicyclic amines) is 1. The molecule has 0 aromatic carbocycles. The van der Waals surface area contributed by atoms with Crippen molar-refractivity contribution in [3.05, 3.63) is 48.7 Å². The van der Waals surface area contributed by atoms with Crippen molar-refractivity contribution in [3.63, 3.8) is 0 Å². The molecule has 0 spiro atoms. The summed E-state index contributed by atoms with van der Waals surface area (Å²) in [5.74, 6) is -0.145. The van der Waals surface area contributed by atoms with Crippen LogP contribution in [0.2, 0.25) is 0 Å². The Kier molecular flexibility index (Phi) is 3.93. The number of aromatic amines is 2. The van der Waals surface area contributed by atoms with Gasteiger partial charge in [0.1, 0.15) is 5.56 Å². The number of nitrogens with zero attached hydrogens (tertiary/aromatic N) is 2. The van der Waals surface area contributed by atoms with Gasteiger partial charge in [-0.1, -0.05) is 0 Å². The van der Waals surface area contributed by atoms with E-state index in [0.29, 0.717) is 13.1 Å². The quantitative estimate of drug-likeness (QED) is 0.857. The summed E-state index contributed by atoms with van der Waals surface area (Å²) in [6, 6.07) is 0. The second-order valence-corrected chi connectivity index (χ2v) is 6.65. The van der Waals surface area contributed by atoms with Gasteiger partial charge >= 0.3 is 5.69 Å². The summed E-state index contributed by atoms with van der Waals surface area (Å²) < 4.78 is 0. The van der Waals surface area contributed by atoms with Gasteiger partial charge in [-0.05, 0) is 19.8 Å². The Balaban J connectivity index is 1.81. The molecule has 116 valence electrons. The molecule has 8 heteroatoms. The standard InChI is InChI=1S/C14H16N4O3S/c1-8-5-15-12(22-8)9-3-2-4-18(7-9)13(20)10-6-16-14(21)17-11(10)19/h5-6,9H,2-4,7H2,1H3,(H2,16,17,19,21). The smallest absolute Gasteiger partial charge is 0.325 e. The third-order valence-electron chi connectivity index (χ3n) is 3.75. The molecule has 0 radical (unpaired) electrons. The Morgan fingerprint density at radius 1 is 1.45 bits per heavy atom. The maximum absolute atomic E-state index is 12.5. The van der Waals surface area contributed by atoms with E-state index in [2.05, 4.69) is 15.0 Å². The van der Waals surface area contributed by atoms with E-state index in [1.165, 1.54) is 6.20 Å². The summed E-state index contributed by atoms with van der Waals surface area (Å²) in [5, 5.41) is 1.03. The molecule has 0 bridgehead atoms. The zero-order valence-electron chi connectivity index (χ0n) is 12.1. The van der Waals surface area contributed by atoms with Crippen molar-refractivity contribution in [1.29, 1.82) is 0 Å². The Morgan fingerprint density at radius 3 is 2.95 bits per heavy atom. The largest absolute Gasteiger partial charge is 0.338 e. The number of hydrogen-bond acceptors (Lipinski definition) is 5. The van der Waals surface area contributed by atoms with E-state index >= 15 is 0 Å². The predicted octanol–water partition coefficient (Wildman–Crippen LogP) is 0.848. The fraction of sp³-hybridized carbons (Fsp3) is 0.429. The van der Waals surface area contributed by atoms with Gasteiger partial charge in [0, 0.05) is 36.3 Å². The van der Waals surface area contributed by atoms with Crippen molar-refractivity contribution in [2.24, 2.45) is 0 Å². The number of carbonyl (C=O) groups is 1. The van der Waals surface area contributed by atoms with E-state index in [1.807, 2.05) is 13.1 Å². The van der Waals surface area contributed by atoms with E-state index in [-0.39, 0.29) is 17.4 Å². The van der Waals surface area contributed by atoms with Crippen LogP contribution in [-0.4, -0.2) is 38.8 Å². The van der Waals surface area contributed by atoms with E-state index in [0.717, 1.165) is 22.7 Å². The third-order valence-corrected chi connectivity index (χ3v) is 4.82. The highest BCUT2D eigenvalue weighted by atomic mass is 32.1. The molecule has 1 unspecified atom stereocenters. The molecule has 0 aliphatic carbocycles. The molecule has 1 amide bonds. The molecule has 2 aromatic rings. The van der Waals surface area contributed by atoms with Crippen LogP contribution in [0.25, 0.3) is 0 Å². The van der Waals surface area contributed by atoms with Crippen LogP contribution in [0.5, 0.6) is 0 Å². The Labute approximate surface area is 130 Å². The van der Waals surface area contributed by atoms with Crippen LogP contribution < -0.4 is 11.2 Å². The molecule has 1 aliphatic rings. The Morgan fingerprint density at radius 2 is 2.27 bits per heavy atom. The first-order valence-corrected chi connectivity index (χ1v) is 7.90. The minimum absolute atomic E-state index is 0.0319. The summed E-state index contributed by atoms with van der Waals surface area (Å²) >= 11 is 1.64. The van der Waals surface area contributed by atoms with Crippen molar-refractivity contribution in [2.45, 2.75) is 25.7 Å². The van der Waals surface area contributed by atoms with Gasteiger partial charge in [0.15, 0.2) is 0 Å². The van der Waals surface area contributed by atoms with Crippen LogP contribution in [-0.2, 0) is 0 Å². The van der Waals surface area contributed by atoms with Crippen LogP contribution in [0.1, 0.15) is 39.0 Å². The van der Waals surface area contributed by atoms with Gasteiger partial charge in [0.05, 0.1) is 5.01 Å². The second kappa shape index (κ2) is 5.88. The van der Waals surface area contributed by atoms with Gasteiger partial charge < -0.3 is 9.88 Å². The molecule has 1 fully saturated rings. The Hall–Kier alpha value is -2.22. The highest BCUT2D eigenvalue weighted by Gasteiger charge is 2.28. The summed E-state index contributed by atoms with van der Waals surface area (Å²) in [6.07, 6.45) is 4.88. The van der Waals surface area contributed by atoms with E-state index < -0.39 is 11.2 Å². The normalized spacial score (nSPS) is 18.4. The number of aromatic nitrogens is 3. The van der Waals surface area contributed by atoms with Crippen LogP contribution in [0.3, 0.4) is 0 Å². The van der Waals surface area contributed by atoms with E-state index in [1.54, 1.807) is 16.2 Å². The average molecular weight is 320 g/mol. The van der Waals surface area contributed by atoms with Crippen molar-refractivity contribution in [3.8, 4) is 0 Å². The molecule has 1 saturated heterocycles. The first-order valence-electron chi connectivity index (χ1n) is 7.08. The fourth-order valence-electron chi connectivity index (χ4n) is 2.66. The summed E-state index contributed by atoms with van der Waals surface area (Å²) in [7, 11) is 0. The molecule has 7 nitrogen and oxygen atoms in total.